The predicted molar refractivity (Wildman–Crippen MR) is 52.0 cm³/mol. The van der Waals surface area contributed by atoms with Crippen molar-refractivity contribution in [2.75, 3.05) is 0 Å². The summed E-state index contributed by atoms with van der Waals surface area (Å²) in [5, 5.41) is 4.14. The summed E-state index contributed by atoms with van der Waals surface area (Å²) < 4.78 is 1.82. The third kappa shape index (κ3) is 1.61. The van der Waals surface area contributed by atoms with Crippen molar-refractivity contribution in [1.29, 1.82) is 0 Å². The smallest absolute Gasteiger partial charge is 0.0537 e. The first-order valence-corrected chi connectivity index (χ1v) is 4.96. The second kappa shape index (κ2) is 3.14. The van der Waals surface area contributed by atoms with Gasteiger partial charge in [0.05, 0.1) is 6.20 Å². The van der Waals surface area contributed by atoms with Crippen LogP contribution in [0.2, 0.25) is 0 Å². The highest BCUT2D eigenvalue weighted by Crippen LogP contribution is 2.47. The van der Waals surface area contributed by atoms with E-state index in [1.54, 1.807) is 0 Å². The first kappa shape index (κ1) is 8.75. The molecule has 2 rings (SSSR count). The van der Waals surface area contributed by atoms with E-state index in [9.17, 15) is 0 Å². The molecular formula is C10H17N3. The number of hydrogen-bond acceptors (Lipinski definition) is 2. The van der Waals surface area contributed by atoms with Gasteiger partial charge >= 0.3 is 0 Å². The Morgan fingerprint density at radius 1 is 1.77 bits per heavy atom. The normalized spacial score (nSPS) is 28.8. The summed E-state index contributed by atoms with van der Waals surface area (Å²) in [5.74, 6) is 1.56. The Morgan fingerprint density at radius 2 is 2.54 bits per heavy atom. The SMILES string of the molecule is CC[C@@H]1C[C@H]1C(N)c1cnn(C)c1. The monoisotopic (exact) mass is 179 g/mol. The molecule has 2 N–H and O–H groups in total. The van der Waals surface area contributed by atoms with Crippen molar-refractivity contribution in [3.63, 3.8) is 0 Å². The Labute approximate surface area is 78.9 Å². The molecule has 1 saturated carbocycles. The van der Waals surface area contributed by atoms with Gasteiger partial charge in [-0.25, -0.2) is 0 Å². The van der Waals surface area contributed by atoms with Gasteiger partial charge in [-0.15, -0.1) is 0 Å². The molecule has 1 aromatic rings. The number of aryl methyl sites for hydroxylation is 1. The predicted octanol–water partition coefficient (Wildman–Crippen LogP) is 1.47. The van der Waals surface area contributed by atoms with Crippen molar-refractivity contribution >= 4 is 0 Å². The van der Waals surface area contributed by atoms with Crippen LogP contribution in [0.3, 0.4) is 0 Å². The van der Waals surface area contributed by atoms with Crippen LogP contribution in [0.1, 0.15) is 31.4 Å². The van der Waals surface area contributed by atoms with Gasteiger partial charge in [-0.3, -0.25) is 4.68 Å². The molecule has 0 aromatic carbocycles. The highest BCUT2D eigenvalue weighted by Gasteiger charge is 2.40. The number of aromatic nitrogens is 2. The largest absolute Gasteiger partial charge is 0.324 e. The average molecular weight is 179 g/mol. The minimum Gasteiger partial charge on any atom is -0.324 e. The van der Waals surface area contributed by atoms with Crippen LogP contribution in [-0.4, -0.2) is 9.78 Å². The Hall–Kier alpha value is -0.830. The van der Waals surface area contributed by atoms with Gasteiger partial charge in [0.15, 0.2) is 0 Å². The van der Waals surface area contributed by atoms with Crippen molar-refractivity contribution in [2.24, 2.45) is 24.6 Å². The van der Waals surface area contributed by atoms with E-state index >= 15 is 0 Å². The van der Waals surface area contributed by atoms with Gasteiger partial charge in [-0.05, 0) is 18.3 Å². The van der Waals surface area contributed by atoms with Gasteiger partial charge in [0.25, 0.3) is 0 Å². The Bertz CT molecular complexity index is 292. The van der Waals surface area contributed by atoms with Crippen LogP contribution in [-0.2, 0) is 7.05 Å². The zero-order chi connectivity index (χ0) is 9.42. The van der Waals surface area contributed by atoms with Crippen molar-refractivity contribution in [1.82, 2.24) is 9.78 Å². The second-order valence-electron chi connectivity index (χ2n) is 4.04. The van der Waals surface area contributed by atoms with E-state index in [4.69, 9.17) is 5.73 Å². The lowest BCUT2D eigenvalue weighted by atomic mass is 10.1. The summed E-state index contributed by atoms with van der Waals surface area (Å²) in [6, 6.07) is 0.207. The van der Waals surface area contributed by atoms with Gasteiger partial charge in [0.1, 0.15) is 0 Å². The molecule has 3 heteroatoms. The van der Waals surface area contributed by atoms with Crippen LogP contribution in [0.15, 0.2) is 12.4 Å². The third-order valence-corrected chi connectivity index (χ3v) is 3.07. The molecule has 0 aliphatic heterocycles. The lowest BCUT2D eigenvalue weighted by molar-refractivity contribution is 0.566. The second-order valence-corrected chi connectivity index (χ2v) is 4.04. The van der Waals surface area contributed by atoms with Crippen LogP contribution >= 0.6 is 0 Å². The summed E-state index contributed by atoms with van der Waals surface area (Å²) >= 11 is 0. The molecule has 13 heavy (non-hydrogen) atoms. The standard InChI is InChI=1S/C10H17N3/c1-3-7-4-9(7)10(11)8-5-12-13(2)6-8/h5-7,9-10H,3-4,11H2,1-2H3/t7-,9-,10?/m1/s1. The molecule has 0 bridgehead atoms. The molecule has 1 aromatic heterocycles. The molecule has 0 spiro atoms. The topological polar surface area (TPSA) is 43.8 Å². The molecule has 1 aliphatic rings. The van der Waals surface area contributed by atoms with Crippen LogP contribution in [0.5, 0.6) is 0 Å². The lowest BCUT2D eigenvalue weighted by Crippen LogP contribution is -2.12. The fourth-order valence-electron chi connectivity index (χ4n) is 2.04. The fourth-order valence-corrected chi connectivity index (χ4v) is 2.04. The summed E-state index contributed by atoms with van der Waals surface area (Å²) in [4.78, 5) is 0. The quantitative estimate of drug-likeness (QED) is 0.763. The molecule has 0 amide bonds. The molecule has 1 fully saturated rings. The van der Waals surface area contributed by atoms with Crippen molar-refractivity contribution < 1.29 is 0 Å². The number of nitrogens with two attached hydrogens (primary N) is 1. The molecule has 3 atom stereocenters. The maximum Gasteiger partial charge on any atom is 0.0537 e. The molecule has 0 radical (unpaired) electrons. The third-order valence-electron chi connectivity index (χ3n) is 3.07. The minimum atomic E-state index is 0.207. The first-order chi connectivity index (χ1) is 6.22. The van der Waals surface area contributed by atoms with Crippen molar-refractivity contribution in [2.45, 2.75) is 25.8 Å². The molecule has 1 aliphatic carbocycles. The van der Waals surface area contributed by atoms with E-state index in [0.29, 0.717) is 5.92 Å². The van der Waals surface area contributed by atoms with Gasteiger partial charge < -0.3 is 5.73 Å². The summed E-state index contributed by atoms with van der Waals surface area (Å²) in [5.41, 5.74) is 7.31. The number of rotatable bonds is 3. The van der Waals surface area contributed by atoms with E-state index in [2.05, 4.69) is 12.0 Å². The fraction of sp³-hybridized carbons (Fsp3) is 0.700. The van der Waals surface area contributed by atoms with Crippen LogP contribution in [0.25, 0.3) is 0 Å². The molecule has 72 valence electrons. The van der Waals surface area contributed by atoms with E-state index in [0.717, 1.165) is 5.92 Å². The van der Waals surface area contributed by atoms with Gasteiger partial charge in [0, 0.05) is 24.8 Å². The number of nitrogens with zero attached hydrogens (tertiary/aromatic N) is 2. The Morgan fingerprint density at radius 3 is 3.00 bits per heavy atom. The van der Waals surface area contributed by atoms with Crippen LogP contribution in [0, 0.1) is 11.8 Å². The van der Waals surface area contributed by atoms with Crippen molar-refractivity contribution in [3.8, 4) is 0 Å². The minimum absolute atomic E-state index is 0.207. The summed E-state index contributed by atoms with van der Waals surface area (Å²) in [6.45, 7) is 2.24. The van der Waals surface area contributed by atoms with Crippen LogP contribution < -0.4 is 5.73 Å². The average Bonchev–Trinajstić information content (AvgIpc) is 2.80. The first-order valence-electron chi connectivity index (χ1n) is 4.96. The maximum absolute atomic E-state index is 6.13. The Balaban J connectivity index is 2.02. The summed E-state index contributed by atoms with van der Waals surface area (Å²) in [7, 11) is 1.93. The van der Waals surface area contributed by atoms with Gasteiger partial charge in [-0.1, -0.05) is 13.3 Å². The van der Waals surface area contributed by atoms with E-state index < -0.39 is 0 Å². The molecule has 3 nitrogen and oxygen atoms in total. The zero-order valence-corrected chi connectivity index (χ0v) is 8.27. The lowest BCUT2D eigenvalue weighted by Gasteiger charge is -2.07. The number of hydrogen-bond donors (Lipinski definition) is 1. The highest BCUT2D eigenvalue weighted by molar-refractivity contribution is 5.14. The molecule has 1 heterocycles. The van der Waals surface area contributed by atoms with E-state index in [1.165, 1.54) is 18.4 Å². The molecule has 0 saturated heterocycles. The van der Waals surface area contributed by atoms with Gasteiger partial charge in [-0.2, -0.15) is 5.10 Å². The molecular weight excluding hydrogens is 162 g/mol. The van der Waals surface area contributed by atoms with E-state index in [1.807, 2.05) is 24.1 Å². The van der Waals surface area contributed by atoms with Crippen LogP contribution in [0.4, 0.5) is 0 Å². The molecule has 1 unspecified atom stereocenters. The Kier molecular flexibility index (Phi) is 2.12. The zero-order valence-electron chi connectivity index (χ0n) is 8.27. The van der Waals surface area contributed by atoms with Crippen molar-refractivity contribution in [3.05, 3.63) is 18.0 Å². The summed E-state index contributed by atoms with van der Waals surface area (Å²) in [6.07, 6.45) is 6.47. The highest BCUT2D eigenvalue weighted by atomic mass is 15.2. The maximum atomic E-state index is 6.13. The van der Waals surface area contributed by atoms with Gasteiger partial charge in [0.2, 0.25) is 0 Å². The van der Waals surface area contributed by atoms with E-state index in [-0.39, 0.29) is 6.04 Å².